The molecule has 4 nitrogen and oxygen atoms in total. The van der Waals surface area contributed by atoms with Crippen LogP contribution in [0.3, 0.4) is 0 Å². The summed E-state index contributed by atoms with van der Waals surface area (Å²) in [5.74, 6) is 1.12. The van der Waals surface area contributed by atoms with Crippen LogP contribution in [0.5, 0.6) is 5.75 Å². The minimum absolute atomic E-state index is 0.231. The first-order valence-corrected chi connectivity index (χ1v) is 6.90. The summed E-state index contributed by atoms with van der Waals surface area (Å²) in [6.45, 7) is 7.82. The summed E-state index contributed by atoms with van der Waals surface area (Å²) in [7, 11) is 1.68. The van der Waals surface area contributed by atoms with Crippen molar-refractivity contribution < 1.29 is 9.84 Å². The average Bonchev–Trinajstić information content (AvgIpc) is 2.38. The summed E-state index contributed by atoms with van der Waals surface area (Å²) in [5, 5.41) is 14.1. The number of methoxy groups -OCH3 is 1. The number of hydrogen-bond donors (Lipinski definition) is 2. The quantitative estimate of drug-likeness (QED) is 0.871. The molecule has 2 unspecified atom stereocenters. The first-order chi connectivity index (χ1) is 8.98. The van der Waals surface area contributed by atoms with Gasteiger partial charge in [0.1, 0.15) is 5.75 Å². The van der Waals surface area contributed by atoms with Crippen molar-refractivity contribution in [2.75, 3.05) is 20.2 Å². The van der Waals surface area contributed by atoms with Crippen molar-refractivity contribution in [1.29, 1.82) is 0 Å². The van der Waals surface area contributed by atoms with E-state index in [-0.39, 0.29) is 5.92 Å². The number of pyridine rings is 1. The summed E-state index contributed by atoms with van der Waals surface area (Å²) in [6, 6.07) is 0. The Hall–Kier alpha value is -1.13. The van der Waals surface area contributed by atoms with E-state index in [0.717, 1.165) is 42.1 Å². The second kappa shape index (κ2) is 5.47. The van der Waals surface area contributed by atoms with Gasteiger partial charge >= 0.3 is 0 Å². The molecule has 106 valence electrons. The van der Waals surface area contributed by atoms with Crippen molar-refractivity contribution in [3.8, 4) is 5.75 Å². The Kier molecular flexibility index (Phi) is 4.11. The maximum atomic E-state index is 10.8. The van der Waals surface area contributed by atoms with Gasteiger partial charge in [0.25, 0.3) is 0 Å². The number of nitrogens with one attached hydrogen (secondary N) is 1. The van der Waals surface area contributed by atoms with E-state index in [0.29, 0.717) is 6.42 Å². The zero-order valence-corrected chi connectivity index (χ0v) is 12.3. The lowest BCUT2D eigenvalue weighted by Gasteiger charge is -2.38. The largest absolute Gasteiger partial charge is 0.496 e. The maximum absolute atomic E-state index is 10.8. The SMILES string of the molecule is COc1c(C)cnc(CC2(O)CCNCC2C)c1C. The summed E-state index contributed by atoms with van der Waals surface area (Å²) in [4.78, 5) is 4.50. The van der Waals surface area contributed by atoms with Crippen molar-refractivity contribution in [2.45, 2.75) is 39.2 Å². The molecule has 1 aliphatic rings. The van der Waals surface area contributed by atoms with Crippen LogP contribution in [0, 0.1) is 19.8 Å². The second-order valence-electron chi connectivity index (χ2n) is 5.68. The van der Waals surface area contributed by atoms with Crippen molar-refractivity contribution in [1.82, 2.24) is 10.3 Å². The molecule has 1 aromatic heterocycles. The minimum Gasteiger partial charge on any atom is -0.496 e. The third-order valence-electron chi connectivity index (χ3n) is 4.33. The van der Waals surface area contributed by atoms with E-state index in [1.54, 1.807) is 7.11 Å². The highest BCUT2D eigenvalue weighted by Gasteiger charge is 2.37. The van der Waals surface area contributed by atoms with Crippen LogP contribution in [0.1, 0.15) is 30.2 Å². The van der Waals surface area contributed by atoms with Gasteiger partial charge in [0, 0.05) is 36.0 Å². The van der Waals surface area contributed by atoms with Crippen LogP contribution in [0.25, 0.3) is 0 Å². The third-order valence-corrected chi connectivity index (χ3v) is 4.33. The van der Waals surface area contributed by atoms with Crippen LogP contribution in [-0.2, 0) is 6.42 Å². The Labute approximate surface area is 115 Å². The first kappa shape index (κ1) is 14.3. The molecule has 0 radical (unpaired) electrons. The summed E-state index contributed by atoms with van der Waals surface area (Å²) in [5.41, 5.74) is 2.36. The standard InChI is InChI=1S/C15H24N2O2/c1-10-8-17-13(12(3)14(10)19-4)7-15(18)5-6-16-9-11(15)2/h8,11,16,18H,5-7,9H2,1-4H3. The van der Waals surface area contributed by atoms with Crippen molar-refractivity contribution in [3.05, 3.63) is 23.0 Å². The van der Waals surface area contributed by atoms with Gasteiger partial charge in [-0.3, -0.25) is 4.98 Å². The van der Waals surface area contributed by atoms with Crippen LogP contribution in [0.15, 0.2) is 6.20 Å². The lowest BCUT2D eigenvalue weighted by Crippen LogP contribution is -2.50. The van der Waals surface area contributed by atoms with E-state index in [1.807, 2.05) is 20.0 Å². The Morgan fingerprint density at radius 1 is 1.53 bits per heavy atom. The zero-order valence-electron chi connectivity index (χ0n) is 12.3. The molecule has 0 aromatic carbocycles. The van der Waals surface area contributed by atoms with E-state index in [1.165, 1.54) is 0 Å². The summed E-state index contributed by atoms with van der Waals surface area (Å²) in [6.07, 6.45) is 3.19. The molecule has 2 rings (SSSR count). The number of nitrogens with zero attached hydrogens (tertiary/aromatic N) is 1. The Morgan fingerprint density at radius 2 is 2.26 bits per heavy atom. The highest BCUT2D eigenvalue weighted by Crippen LogP contribution is 2.31. The van der Waals surface area contributed by atoms with Crippen LogP contribution >= 0.6 is 0 Å². The third kappa shape index (κ3) is 2.74. The van der Waals surface area contributed by atoms with Crippen molar-refractivity contribution in [2.24, 2.45) is 5.92 Å². The molecule has 0 bridgehead atoms. The van der Waals surface area contributed by atoms with Crippen molar-refractivity contribution >= 4 is 0 Å². The normalized spacial score (nSPS) is 27.3. The van der Waals surface area contributed by atoms with E-state index < -0.39 is 5.60 Å². The first-order valence-electron chi connectivity index (χ1n) is 6.90. The molecule has 1 fully saturated rings. The monoisotopic (exact) mass is 264 g/mol. The molecule has 0 amide bonds. The molecule has 2 atom stereocenters. The highest BCUT2D eigenvalue weighted by molar-refractivity contribution is 5.41. The molecule has 19 heavy (non-hydrogen) atoms. The molecule has 0 spiro atoms. The van der Waals surface area contributed by atoms with Gasteiger partial charge in [-0.05, 0) is 32.7 Å². The van der Waals surface area contributed by atoms with Crippen LogP contribution in [-0.4, -0.2) is 35.9 Å². The average molecular weight is 264 g/mol. The van der Waals surface area contributed by atoms with Gasteiger partial charge in [0.2, 0.25) is 0 Å². The van der Waals surface area contributed by atoms with E-state index in [4.69, 9.17) is 4.74 Å². The van der Waals surface area contributed by atoms with Gasteiger partial charge in [-0.2, -0.15) is 0 Å². The smallest absolute Gasteiger partial charge is 0.128 e. The Balaban J connectivity index is 2.28. The van der Waals surface area contributed by atoms with Crippen LogP contribution in [0.4, 0.5) is 0 Å². The number of piperidine rings is 1. The molecule has 1 aliphatic heterocycles. The molecule has 0 saturated carbocycles. The number of aliphatic hydroxyl groups is 1. The molecule has 4 heteroatoms. The predicted molar refractivity (Wildman–Crippen MR) is 75.6 cm³/mol. The molecular formula is C15H24N2O2. The van der Waals surface area contributed by atoms with Gasteiger partial charge in [0.05, 0.1) is 12.7 Å². The molecular weight excluding hydrogens is 240 g/mol. The fourth-order valence-corrected chi connectivity index (χ4v) is 2.86. The second-order valence-corrected chi connectivity index (χ2v) is 5.68. The molecule has 2 heterocycles. The predicted octanol–water partition coefficient (Wildman–Crippen LogP) is 1.61. The Morgan fingerprint density at radius 3 is 2.89 bits per heavy atom. The maximum Gasteiger partial charge on any atom is 0.128 e. The van der Waals surface area contributed by atoms with Gasteiger partial charge < -0.3 is 15.2 Å². The number of ether oxygens (including phenoxy) is 1. The van der Waals surface area contributed by atoms with Gasteiger partial charge in [0.15, 0.2) is 0 Å². The van der Waals surface area contributed by atoms with E-state index in [9.17, 15) is 5.11 Å². The number of rotatable bonds is 3. The zero-order chi connectivity index (χ0) is 14.0. The lowest BCUT2D eigenvalue weighted by atomic mass is 9.79. The van der Waals surface area contributed by atoms with Crippen LogP contribution < -0.4 is 10.1 Å². The fraction of sp³-hybridized carbons (Fsp3) is 0.667. The van der Waals surface area contributed by atoms with Gasteiger partial charge in [-0.1, -0.05) is 6.92 Å². The topological polar surface area (TPSA) is 54.4 Å². The van der Waals surface area contributed by atoms with Gasteiger partial charge in [-0.25, -0.2) is 0 Å². The van der Waals surface area contributed by atoms with E-state index >= 15 is 0 Å². The lowest BCUT2D eigenvalue weighted by molar-refractivity contribution is -0.0338. The summed E-state index contributed by atoms with van der Waals surface area (Å²) >= 11 is 0. The minimum atomic E-state index is -0.663. The number of aromatic nitrogens is 1. The van der Waals surface area contributed by atoms with Crippen molar-refractivity contribution in [3.63, 3.8) is 0 Å². The van der Waals surface area contributed by atoms with Crippen LogP contribution in [0.2, 0.25) is 0 Å². The highest BCUT2D eigenvalue weighted by atomic mass is 16.5. The van der Waals surface area contributed by atoms with Gasteiger partial charge in [-0.15, -0.1) is 0 Å². The molecule has 1 aromatic rings. The Bertz CT molecular complexity index is 462. The molecule has 2 N–H and O–H groups in total. The molecule has 0 aliphatic carbocycles. The number of aryl methyl sites for hydroxylation is 1. The molecule has 1 saturated heterocycles. The van der Waals surface area contributed by atoms with E-state index in [2.05, 4.69) is 17.2 Å². The summed E-state index contributed by atoms with van der Waals surface area (Å²) < 4.78 is 5.43. The fourth-order valence-electron chi connectivity index (χ4n) is 2.86. The number of hydrogen-bond acceptors (Lipinski definition) is 4.